The predicted molar refractivity (Wildman–Crippen MR) is 97.5 cm³/mol. The maximum atomic E-state index is 11.9. The van der Waals surface area contributed by atoms with Crippen LogP contribution in [0.25, 0.3) is 6.08 Å². The van der Waals surface area contributed by atoms with Crippen LogP contribution in [0.3, 0.4) is 0 Å². The molecule has 25 heavy (non-hydrogen) atoms. The molecule has 0 radical (unpaired) electrons. The van der Waals surface area contributed by atoms with Gasteiger partial charge in [-0.3, -0.25) is 4.79 Å². The molecule has 0 bridgehead atoms. The first-order valence-corrected chi connectivity index (χ1v) is 8.64. The van der Waals surface area contributed by atoms with E-state index in [-0.39, 0.29) is 5.92 Å². The molecule has 0 fully saturated rings. The van der Waals surface area contributed by atoms with Gasteiger partial charge in [0.2, 0.25) is 0 Å². The fourth-order valence-electron chi connectivity index (χ4n) is 1.97. The zero-order valence-corrected chi connectivity index (χ0v) is 16.0. The topological polar surface area (TPSA) is 81.7 Å². The highest BCUT2D eigenvalue weighted by Gasteiger charge is 2.26. The molecule has 0 heterocycles. The van der Waals surface area contributed by atoms with Gasteiger partial charge in [0.05, 0.1) is 7.11 Å². The molecule has 1 rings (SSSR count). The van der Waals surface area contributed by atoms with E-state index in [0.717, 1.165) is 10.0 Å². The minimum Gasteiger partial charge on any atom is -0.467 e. The third-order valence-corrected chi connectivity index (χ3v) is 4.08. The predicted octanol–water partition coefficient (Wildman–Crippen LogP) is 2.71. The molecular weight excluding hydrogens is 390 g/mol. The Bertz CT molecular complexity index is 644. The molecule has 0 unspecified atom stereocenters. The van der Waals surface area contributed by atoms with Crippen LogP contribution in [0.4, 0.5) is 0 Å². The van der Waals surface area contributed by atoms with Crippen molar-refractivity contribution in [2.45, 2.75) is 26.3 Å². The minimum absolute atomic E-state index is 0.0940. The number of halogens is 1. The van der Waals surface area contributed by atoms with Crippen molar-refractivity contribution in [2.24, 2.45) is 5.92 Å². The zero-order valence-electron chi connectivity index (χ0n) is 14.5. The third-order valence-electron chi connectivity index (χ3n) is 3.59. The maximum absolute atomic E-state index is 11.9. The molecule has 0 aromatic heterocycles. The van der Waals surface area contributed by atoms with Gasteiger partial charge in [-0.15, -0.1) is 0 Å². The van der Waals surface area contributed by atoms with Crippen molar-refractivity contribution in [3.8, 4) is 0 Å². The summed E-state index contributed by atoms with van der Waals surface area (Å²) in [4.78, 5) is 35.3. The van der Waals surface area contributed by atoms with Crippen LogP contribution in [0.15, 0.2) is 34.8 Å². The number of amides is 1. The molecule has 1 N–H and O–H groups in total. The number of hydrogen-bond acceptors (Lipinski definition) is 5. The lowest BCUT2D eigenvalue weighted by Gasteiger charge is -2.21. The number of esters is 2. The second kappa shape index (κ2) is 10.7. The summed E-state index contributed by atoms with van der Waals surface area (Å²) < 4.78 is 10.5. The van der Waals surface area contributed by atoms with Gasteiger partial charge in [0.25, 0.3) is 5.91 Å². The van der Waals surface area contributed by atoms with Gasteiger partial charge in [-0.05, 0) is 29.7 Å². The van der Waals surface area contributed by atoms with Crippen molar-refractivity contribution in [2.75, 3.05) is 13.7 Å². The molecule has 1 aromatic rings. The third kappa shape index (κ3) is 7.51. The standard InChI is InChI=1S/C18H22BrNO5/c1-4-12(2)17(18(23)24-3)20-15(21)11-25-16(22)9-8-13-6-5-7-14(19)10-13/h5-10,12,17H,4,11H2,1-3H3,(H,20,21)/b9-8+/t12-,17-/m0/s1. The molecule has 136 valence electrons. The second-order valence-corrected chi connectivity index (χ2v) is 6.37. The monoisotopic (exact) mass is 411 g/mol. The summed E-state index contributed by atoms with van der Waals surface area (Å²) in [7, 11) is 1.26. The summed E-state index contributed by atoms with van der Waals surface area (Å²) in [5, 5.41) is 2.53. The summed E-state index contributed by atoms with van der Waals surface area (Å²) in [6.45, 7) is 3.26. The van der Waals surface area contributed by atoms with E-state index >= 15 is 0 Å². The molecule has 0 aliphatic heterocycles. The van der Waals surface area contributed by atoms with Crippen molar-refractivity contribution < 1.29 is 23.9 Å². The summed E-state index contributed by atoms with van der Waals surface area (Å²) >= 11 is 3.34. The van der Waals surface area contributed by atoms with Crippen LogP contribution < -0.4 is 5.32 Å². The van der Waals surface area contributed by atoms with Gasteiger partial charge < -0.3 is 14.8 Å². The number of methoxy groups -OCH3 is 1. The summed E-state index contributed by atoms with van der Waals surface area (Å²) in [6.07, 6.45) is 3.51. The first-order chi connectivity index (χ1) is 11.9. The molecular formula is C18H22BrNO5. The number of hydrogen-bond donors (Lipinski definition) is 1. The summed E-state index contributed by atoms with van der Waals surface area (Å²) in [6, 6.07) is 6.61. The Morgan fingerprint density at radius 3 is 2.64 bits per heavy atom. The van der Waals surface area contributed by atoms with E-state index in [1.807, 2.05) is 38.1 Å². The molecule has 0 aliphatic carbocycles. The Labute approximate surface area is 155 Å². The second-order valence-electron chi connectivity index (χ2n) is 5.45. The van der Waals surface area contributed by atoms with Crippen LogP contribution in [0.5, 0.6) is 0 Å². The highest BCUT2D eigenvalue weighted by atomic mass is 79.9. The number of nitrogens with one attached hydrogen (secondary N) is 1. The Hall–Kier alpha value is -2.15. The lowest BCUT2D eigenvalue weighted by Crippen LogP contribution is -2.47. The average Bonchev–Trinajstić information content (AvgIpc) is 2.61. The van der Waals surface area contributed by atoms with Crippen molar-refractivity contribution in [3.63, 3.8) is 0 Å². The average molecular weight is 412 g/mol. The number of carbonyl (C=O) groups is 3. The highest BCUT2D eigenvalue weighted by Crippen LogP contribution is 2.12. The largest absolute Gasteiger partial charge is 0.467 e. The molecule has 7 heteroatoms. The van der Waals surface area contributed by atoms with Gasteiger partial charge in [-0.1, -0.05) is 48.3 Å². The van der Waals surface area contributed by atoms with Gasteiger partial charge in [-0.25, -0.2) is 9.59 Å². The minimum atomic E-state index is -0.765. The van der Waals surface area contributed by atoms with E-state index < -0.39 is 30.5 Å². The lowest BCUT2D eigenvalue weighted by molar-refractivity contribution is -0.148. The molecule has 0 saturated heterocycles. The van der Waals surface area contributed by atoms with E-state index in [0.29, 0.717) is 6.42 Å². The van der Waals surface area contributed by atoms with E-state index in [2.05, 4.69) is 26.0 Å². The highest BCUT2D eigenvalue weighted by molar-refractivity contribution is 9.10. The van der Waals surface area contributed by atoms with Crippen LogP contribution in [0.2, 0.25) is 0 Å². The Kier molecular flexibility index (Phi) is 8.91. The SMILES string of the molecule is CC[C@H](C)[C@H](NC(=O)COC(=O)/C=C/c1cccc(Br)c1)C(=O)OC. The Morgan fingerprint density at radius 2 is 2.04 bits per heavy atom. The molecule has 2 atom stereocenters. The van der Waals surface area contributed by atoms with E-state index in [4.69, 9.17) is 4.74 Å². The van der Waals surface area contributed by atoms with E-state index in [1.165, 1.54) is 13.2 Å². The van der Waals surface area contributed by atoms with Crippen molar-refractivity contribution >= 4 is 39.9 Å². The van der Waals surface area contributed by atoms with Gasteiger partial charge in [0, 0.05) is 10.5 Å². The normalized spacial score (nSPS) is 13.1. The first kappa shape index (κ1) is 20.9. The summed E-state index contributed by atoms with van der Waals surface area (Å²) in [5.41, 5.74) is 0.818. The molecule has 6 nitrogen and oxygen atoms in total. The van der Waals surface area contributed by atoms with Gasteiger partial charge in [-0.2, -0.15) is 0 Å². The van der Waals surface area contributed by atoms with Crippen LogP contribution in [-0.4, -0.2) is 37.6 Å². The summed E-state index contributed by atoms with van der Waals surface area (Å²) in [5.74, 6) is -1.82. The van der Waals surface area contributed by atoms with E-state index in [1.54, 1.807) is 6.08 Å². The van der Waals surface area contributed by atoms with Crippen molar-refractivity contribution in [1.29, 1.82) is 0 Å². The van der Waals surface area contributed by atoms with Gasteiger partial charge >= 0.3 is 11.9 Å². The Morgan fingerprint density at radius 1 is 1.32 bits per heavy atom. The van der Waals surface area contributed by atoms with Crippen LogP contribution in [0, 0.1) is 5.92 Å². The molecule has 1 amide bonds. The zero-order chi connectivity index (χ0) is 18.8. The van der Waals surface area contributed by atoms with Crippen molar-refractivity contribution in [1.82, 2.24) is 5.32 Å². The molecule has 0 saturated carbocycles. The number of carbonyl (C=O) groups excluding carboxylic acids is 3. The molecule has 1 aromatic carbocycles. The van der Waals surface area contributed by atoms with Crippen LogP contribution in [-0.2, 0) is 23.9 Å². The number of rotatable bonds is 8. The fraction of sp³-hybridized carbons (Fsp3) is 0.389. The number of ether oxygens (including phenoxy) is 2. The van der Waals surface area contributed by atoms with Crippen LogP contribution in [0.1, 0.15) is 25.8 Å². The fourth-order valence-corrected chi connectivity index (χ4v) is 2.39. The van der Waals surface area contributed by atoms with Crippen LogP contribution >= 0.6 is 15.9 Å². The van der Waals surface area contributed by atoms with Gasteiger partial charge in [0.15, 0.2) is 6.61 Å². The lowest BCUT2D eigenvalue weighted by atomic mass is 9.99. The molecule has 0 spiro atoms. The maximum Gasteiger partial charge on any atom is 0.331 e. The quantitative estimate of drug-likeness (QED) is 0.525. The first-order valence-electron chi connectivity index (χ1n) is 7.85. The smallest absolute Gasteiger partial charge is 0.331 e. The van der Waals surface area contributed by atoms with Gasteiger partial charge in [0.1, 0.15) is 6.04 Å². The van der Waals surface area contributed by atoms with E-state index in [9.17, 15) is 14.4 Å². The number of benzene rings is 1. The molecule has 0 aliphatic rings. The van der Waals surface area contributed by atoms with Crippen molar-refractivity contribution in [3.05, 3.63) is 40.4 Å². The Balaban J connectivity index is 2.51.